The number of nitrogens with zero attached hydrogens (tertiary/aromatic N) is 1. The molecule has 1 amide bonds. The van der Waals surface area contributed by atoms with E-state index in [9.17, 15) is 4.79 Å². The number of hydrogen-bond donors (Lipinski definition) is 0. The number of amides is 1. The van der Waals surface area contributed by atoms with Crippen LogP contribution in [0.4, 0.5) is 0 Å². The van der Waals surface area contributed by atoms with E-state index in [2.05, 4.69) is 12.1 Å². The van der Waals surface area contributed by atoms with Gasteiger partial charge < -0.3 is 14.1 Å². The lowest BCUT2D eigenvalue weighted by Gasteiger charge is -2.24. The van der Waals surface area contributed by atoms with Crippen molar-refractivity contribution < 1.29 is 13.9 Å². The van der Waals surface area contributed by atoms with Crippen molar-refractivity contribution in [2.75, 3.05) is 20.2 Å². The molecule has 1 unspecified atom stereocenters. The SMILES string of the molecule is COc1ccc(C2CCCCN(C(=O)c3cc(C)oc3C)C2)cc1. The number of furan rings is 1. The van der Waals surface area contributed by atoms with E-state index in [1.165, 1.54) is 5.56 Å². The highest BCUT2D eigenvalue weighted by molar-refractivity contribution is 5.95. The molecule has 1 aromatic heterocycles. The Hall–Kier alpha value is -2.23. The number of aryl methyl sites for hydroxylation is 2. The van der Waals surface area contributed by atoms with Crippen molar-refractivity contribution >= 4 is 5.91 Å². The fourth-order valence-electron chi connectivity index (χ4n) is 3.49. The number of methoxy groups -OCH3 is 1. The molecule has 0 aliphatic carbocycles. The largest absolute Gasteiger partial charge is 0.497 e. The summed E-state index contributed by atoms with van der Waals surface area (Å²) in [5.41, 5.74) is 1.97. The van der Waals surface area contributed by atoms with Gasteiger partial charge in [0.25, 0.3) is 5.91 Å². The second kappa shape index (κ2) is 7.12. The zero-order valence-electron chi connectivity index (χ0n) is 14.7. The standard InChI is InChI=1S/C20H25NO3/c1-14-12-19(15(2)24-14)20(22)21-11-5-4-6-17(13-21)16-7-9-18(23-3)10-8-16/h7-10,12,17H,4-6,11,13H2,1-3H3. The number of benzene rings is 1. The highest BCUT2D eigenvalue weighted by Gasteiger charge is 2.26. The van der Waals surface area contributed by atoms with Gasteiger partial charge in [0.2, 0.25) is 0 Å². The molecule has 4 heteroatoms. The molecule has 2 heterocycles. The van der Waals surface area contributed by atoms with Crippen LogP contribution in [0.3, 0.4) is 0 Å². The van der Waals surface area contributed by atoms with E-state index in [0.29, 0.717) is 17.2 Å². The molecule has 4 nitrogen and oxygen atoms in total. The van der Waals surface area contributed by atoms with E-state index in [4.69, 9.17) is 9.15 Å². The number of rotatable bonds is 3. The topological polar surface area (TPSA) is 42.7 Å². The molecule has 0 spiro atoms. The third-order valence-corrected chi connectivity index (χ3v) is 4.82. The van der Waals surface area contributed by atoms with Crippen molar-refractivity contribution in [1.29, 1.82) is 0 Å². The summed E-state index contributed by atoms with van der Waals surface area (Å²) in [6, 6.07) is 10.1. The van der Waals surface area contributed by atoms with Gasteiger partial charge in [-0.05, 0) is 50.5 Å². The molecule has 1 aliphatic rings. The molecule has 3 rings (SSSR count). The fourth-order valence-corrected chi connectivity index (χ4v) is 3.49. The fraction of sp³-hybridized carbons (Fsp3) is 0.450. The van der Waals surface area contributed by atoms with Crippen molar-refractivity contribution in [1.82, 2.24) is 4.90 Å². The first-order chi connectivity index (χ1) is 11.6. The average Bonchev–Trinajstić information content (AvgIpc) is 2.79. The minimum Gasteiger partial charge on any atom is -0.497 e. The van der Waals surface area contributed by atoms with E-state index < -0.39 is 0 Å². The van der Waals surface area contributed by atoms with Gasteiger partial charge in [0.05, 0.1) is 12.7 Å². The molecule has 1 atom stereocenters. The van der Waals surface area contributed by atoms with Crippen LogP contribution in [0.5, 0.6) is 5.75 Å². The molecule has 1 aromatic carbocycles. The molecule has 0 bridgehead atoms. The van der Waals surface area contributed by atoms with Crippen LogP contribution in [0.15, 0.2) is 34.7 Å². The first-order valence-corrected chi connectivity index (χ1v) is 8.58. The number of ether oxygens (including phenoxy) is 1. The Morgan fingerprint density at radius 1 is 1.21 bits per heavy atom. The Morgan fingerprint density at radius 2 is 1.96 bits per heavy atom. The Morgan fingerprint density at radius 3 is 2.58 bits per heavy atom. The molecule has 2 aromatic rings. The van der Waals surface area contributed by atoms with Gasteiger partial charge in [-0.25, -0.2) is 0 Å². The second-order valence-corrected chi connectivity index (χ2v) is 6.54. The zero-order chi connectivity index (χ0) is 17.1. The summed E-state index contributed by atoms with van der Waals surface area (Å²) in [6.07, 6.45) is 3.30. The quantitative estimate of drug-likeness (QED) is 0.843. The van der Waals surface area contributed by atoms with Gasteiger partial charge in [-0.3, -0.25) is 4.79 Å². The summed E-state index contributed by atoms with van der Waals surface area (Å²) in [6.45, 7) is 5.31. The van der Waals surface area contributed by atoms with Crippen LogP contribution in [0.1, 0.15) is 52.6 Å². The lowest BCUT2D eigenvalue weighted by atomic mass is 9.94. The Labute approximate surface area is 143 Å². The maximum absolute atomic E-state index is 12.9. The number of hydrogen-bond acceptors (Lipinski definition) is 3. The van der Waals surface area contributed by atoms with Crippen molar-refractivity contribution in [2.45, 2.75) is 39.0 Å². The highest BCUT2D eigenvalue weighted by atomic mass is 16.5. The minimum absolute atomic E-state index is 0.0877. The van der Waals surface area contributed by atoms with Crippen LogP contribution in [0.25, 0.3) is 0 Å². The summed E-state index contributed by atoms with van der Waals surface area (Å²) in [7, 11) is 1.68. The van der Waals surface area contributed by atoms with E-state index in [1.807, 2.05) is 36.9 Å². The van der Waals surface area contributed by atoms with Crippen LogP contribution < -0.4 is 4.74 Å². The predicted octanol–water partition coefficient (Wildman–Crippen LogP) is 4.31. The van der Waals surface area contributed by atoms with E-state index in [-0.39, 0.29) is 5.91 Å². The maximum Gasteiger partial charge on any atom is 0.257 e. The molecule has 0 saturated carbocycles. The second-order valence-electron chi connectivity index (χ2n) is 6.54. The van der Waals surface area contributed by atoms with E-state index >= 15 is 0 Å². The van der Waals surface area contributed by atoms with Crippen molar-refractivity contribution in [3.05, 3.63) is 53.0 Å². The number of carbonyl (C=O) groups excluding carboxylic acids is 1. The molecular weight excluding hydrogens is 302 g/mol. The van der Waals surface area contributed by atoms with Crippen LogP contribution in [-0.2, 0) is 0 Å². The molecular formula is C20H25NO3. The number of carbonyl (C=O) groups is 1. The highest BCUT2D eigenvalue weighted by Crippen LogP contribution is 2.29. The van der Waals surface area contributed by atoms with Gasteiger partial charge in [0, 0.05) is 19.0 Å². The minimum atomic E-state index is 0.0877. The first-order valence-electron chi connectivity index (χ1n) is 8.58. The van der Waals surface area contributed by atoms with Gasteiger partial charge in [-0.15, -0.1) is 0 Å². The zero-order valence-corrected chi connectivity index (χ0v) is 14.7. The van der Waals surface area contributed by atoms with Crippen LogP contribution >= 0.6 is 0 Å². The molecule has 1 fully saturated rings. The van der Waals surface area contributed by atoms with Crippen LogP contribution in [0.2, 0.25) is 0 Å². The Kier molecular flexibility index (Phi) is 4.93. The molecule has 128 valence electrons. The van der Waals surface area contributed by atoms with Crippen molar-refractivity contribution in [3.63, 3.8) is 0 Å². The molecule has 24 heavy (non-hydrogen) atoms. The van der Waals surface area contributed by atoms with Crippen molar-refractivity contribution in [2.24, 2.45) is 0 Å². The van der Waals surface area contributed by atoms with Gasteiger partial charge >= 0.3 is 0 Å². The van der Waals surface area contributed by atoms with Crippen molar-refractivity contribution in [3.8, 4) is 5.75 Å². The molecule has 0 radical (unpaired) electrons. The smallest absolute Gasteiger partial charge is 0.257 e. The summed E-state index contributed by atoms with van der Waals surface area (Å²) in [4.78, 5) is 14.9. The predicted molar refractivity (Wildman–Crippen MR) is 93.7 cm³/mol. The van der Waals surface area contributed by atoms with Crippen LogP contribution in [0, 0.1) is 13.8 Å². The maximum atomic E-state index is 12.9. The molecule has 0 N–H and O–H groups in total. The van der Waals surface area contributed by atoms with Gasteiger partial charge in [-0.1, -0.05) is 18.6 Å². The summed E-state index contributed by atoms with van der Waals surface area (Å²) in [5, 5.41) is 0. The third kappa shape index (κ3) is 3.48. The Bertz CT molecular complexity index is 702. The summed E-state index contributed by atoms with van der Waals surface area (Å²) in [5.74, 6) is 2.82. The lowest BCUT2D eigenvalue weighted by molar-refractivity contribution is 0.0752. The van der Waals surface area contributed by atoms with Crippen LogP contribution in [-0.4, -0.2) is 31.0 Å². The monoisotopic (exact) mass is 327 g/mol. The number of likely N-dealkylation sites (tertiary alicyclic amines) is 1. The van der Waals surface area contributed by atoms with Gasteiger partial charge in [0.1, 0.15) is 17.3 Å². The van der Waals surface area contributed by atoms with E-state index in [1.54, 1.807) is 7.11 Å². The molecule has 1 saturated heterocycles. The summed E-state index contributed by atoms with van der Waals surface area (Å²) >= 11 is 0. The first kappa shape index (κ1) is 16.6. The summed E-state index contributed by atoms with van der Waals surface area (Å²) < 4.78 is 10.8. The Balaban J connectivity index is 1.79. The van der Waals surface area contributed by atoms with Gasteiger partial charge in [-0.2, -0.15) is 0 Å². The van der Waals surface area contributed by atoms with Gasteiger partial charge in [0.15, 0.2) is 0 Å². The molecule has 1 aliphatic heterocycles. The lowest BCUT2D eigenvalue weighted by Crippen LogP contribution is -2.34. The van der Waals surface area contributed by atoms with E-state index in [0.717, 1.165) is 43.9 Å². The third-order valence-electron chi connectivity index (χ3n) is 4.82. The average molecular weight is 327 g/mol. The normalized spacial score (nSPS) is 18.3.